The highest BCUT2D eigenvalue weighted by atomic mass is 16.3. The molecule has 0 unspecified atom stereocenters. The van der Waals surface area contributed by atoms with Crippen molar-refractivity contribution < 1.29 is 4.42 Å². The Morgan fingerprint density at radius 1 is 0.431 bits per heavy atom. The van der Waals surface area contributed by atoms with Gasteiger partial charge in [-0.25, -0.2) is 4.98 Å². The molecular formula is C46H28N4O. The molecule has 0 spiro atoms. The summed E-state index contributed by atoms with van der Waals surface area (Å²) in [6, 6.07) is 57.3. The molecule has 5 heteroatoms. The molecular weight excluding hydrogens is 625 g/mol. The lowest BCUT2D eigenvalue weighted by molar-refractivity contribution is 0.671. The molecule has 0 saturated carbocycles. The van der Waals surface area contributed by atoms with Gasteiger partial charge in [0, 0.05) is 55.5 Å². The highest BCUT2D eigenvalue weighted by Gasteiger charge is 2.27. The highest BCUT2D eigenvalue weighted by Crippen LogP contribution is 2.49. The van der Waals surface area contributed by atoms with E-state index in [2.05, 4.69) is 154 Å². The van der Waals surface area contributed by atoms with E-state index in [0.717, 1.165) is 83.4 Å². The molecule has 0 aliphatic heterocycles. The van der Waals surface area contributed by atoms with Gasteiger partial charge in [-0.1, -0.05) is 97.1 Å². The maximum Gasteiger partial charge on any atom is 0.160 e. The molecule has 0 aliphatic rings. The lowest BCUT2D eigenvalue weighted by Gasteiger charge is -2.12. The van der Waals surface area contributed by atoms with E-state index in [-0.39, 0.29) is 0 Å². The maximum atomic E-state index is 6.91. The number of aromatic nitrogens is 4. The molecule has 0 radical (unpaired) electrons. The Kier molecular flexibility index (Phi) is 5.89. The largest absolute Gasteiger partial charge is 0.454 e. The number of benzene rings is 6. The minimum absolute atomic E-state index is 0.847. The number of pyridine rings is 2. The zero-order chi connectivity index (χ0) is 33.5. The summed E-state index contributed by atoms with van der Waals surface area (Å²) in [6.45, 7) is 0. The lowest BCUT2D eigenvalue weighted by atomic mass is 10.0. The topological polar surface area (TPSA) is 48.8 Å². The number of hydrogen-bond donors (Lipinski definition) is 0. The van der Waals surface area contributed by atoms with Crippen molar-refractivity contribution in [3.05, 3.63) is 170 Å². The average Bonchev–Trinajstić information content (AvgIpc) is 3.87. The van der Waals surface area contributed by atoms with Gasteiger partial charge < -0.3 is 13.6 Å². The first kappa shape index (κ1) is 27.9. The Morgan fingerprint density at radius 3 is 1.86 bits per heavy atom. The number of fused-ring (bicyclic) bond motifs is 12. The number of rotatable bonds is 4. The van der Waals surface area contributed by atoms with E-state index in [1.54, 1.807) is 0 Å². The SMILES string of the molecule is c1ccc(-n2c3ccccc3c3c2c2oc4ccccc4c2c2c4ccccc4n(-c4cccc(-c5cccc(-c6ccccn6)n5)c4)c23)cc1. The van der Waals surface area contributed by atoms with E-state index < -0.39 is 0 Å². The van der Waals surface area contributed by atoms with Crippen molar-refractivity contribution in [1.82, 2.24) is 19.1 Å². The van der Waals surface area contributed by atoms with Crippen LogP contribution >= 0.6 is 0 Å². The molecule has 5 aromatic heterocycles. The van der Waals surface area contributed by atoms with Gasteiger partial charge in [-0.2, -0.15) is 0 Å². The molecule has 0 saturated heterocycles. The van der Waals surface area contributed by atoms with Crippen LogP contribution in [-0.2, 0) is 0 Å². The molecule has 0 atom stereocenters. The smallest absolute Gasteiger partial charge is 0.160 e. The predicted octanol–water partition coefficient (Wildman–Crippen LogP) is 11.9. The first-order valence-corrected chi connectivity index (χ1v) is 17.2. The first-order chi connectivity index (χ1) is 25.3. The summed E-state index contributed by atoms with van der Waals surface area (Å²) < 4.78 is 11.7. The number of nitrogens with zero attached hydrogens (tertiary/aromatic N) is 4. The second-order valence-electron chi connectivity index (χ2n) is 13.0. The third-order valence-electron chi connectivity index (χ3n) is 10.1. The number of para-hydroxylation sites is 4. The van der Waals surface area contributed by atoms with Crippen molar-refractivity contribution in [3.63, 3.8) is 0 Å². The van der Waals surface area contributed by atoms with Crippen molar-refractivity contribution >= 4 is 65.6 Å². The van der Waals surface area contributed by atoms with Crippen LogP contribution in [0.25, 0.3) is 99.6 Å². The van der Waals surface area contributed by atoms with Gasteiger partial charge in [0.25, 0.3) is 0 Å². The van der Waals surface area contributed by atoms with Gasteiger partial charge in [-0.15, -0.1) is 0 Å². The zero-order valence-corrected chi connectivity index (χ0v) is 27.4. The minimum Gasteiger partial charge on any atom is -0.454 e. The Bertz CT molecular complexity index is 3130. The van der Waals surface area contributed by atoms with E-state index in [0.29, 0.717) is 0 Å². The van der Waals surface area contributed by atoms with Gasteiger partial charge >= 0.3 is 0 Å². The normalized spacial score (nSPS) is 11.9. The minimum atomic E-state index is 0.847. The van der Waals surface area contributed by atoms with Gasteiger partial charge in [0.05, 0.1) is 39.1 Å². The molecule has 0 bridgehead atoms. The van der Waals surface area contributed by atoms with Crippen LogP contribution in [0, 0.1) is 0 Å². The van der Waals surface area contributed by atoms with E-state index in [1.165, 1.54) is 16.2 Å². The third kappa shape index (κ3) is 4.03. The third-order valence-corrected chi connectivity index (χ3v) is 10.1. The second-order valence-corrected chi connectivity index (χ2v) is 13.0. The van der Waals surface area contributed by atoms with Crippen molar-refractivity contribution in [2.75, 3.05) is 0 Å². The van der Waals surface area contributed by atoms with Crippen LogP contribution in [0.1, 0.15) is 0 Å². The van der Waals surface area contributed by atoms with Crippen molar-refractivity contribution in [2.24, 2.45) is 0 Å². The number of hydrogen-bond acceptors (Lipinski definition) is 3. The summed E-state index contributed by atoms with van der Waals surface area (Å²) in [6.07, 6.45) is 1.81. The highest BCUT2D eigenvalue weighted by molar-refractivity contribution is 6.39. The van der Waals surface area contributed by atoms with Gasteiger partial charge in [0.2, 0.25) is 0 Å². The van der Waals surface area contributed by atoms with Gasteiger partial charge in [0.15, 0.2) is 5.58 Å². The van der Waals surface area contributed by atoms with Crippen LogP contribution in [-0.4, -0.2) is 19.1 Å². The van der Waals surface area contributed by atoms with Crippen LogP contribution < -0.4 is 0 Å². The van der Waals surface area contributed by atoms with Crippen LogP contribution in [0.2, 0.25) is 0 Å². The first-order valence-electron chi connectivity index (χ1n) is 17.2. The summed E-state index contributed by atoms with van der Waals surface area (Å²) in [5, 5.41) is 6.94. The van der Waals surface area contributed by atoms with Crippen molar-refractivity contribution in [1.29, 1.82) is 0 Å². The van der Waals surface area contributed by atoms with E-state index in [9.17, 15) is 0 Å². The van der Waals surface area contributed by atoms with E-state index in [1.807, 2.05) is 30.5 Å². The van der Waals surface area contributed by atoms with Crippen LogP contribution in [0.5, 0.6) is 0 Å². The molecule has 6 aromatic carbocycles. The lowest BCUT2D eigenvalue weighted by Crippen LogP contribution is -1.97. The van der Waals surface area contributed by atoms with E-state index >= 15 is 0 Å². The summed E-state index contributed by atoms with van der Waals surface area (Å²) in [5.74, 6) is 0. The Hall–Kier alpha value is -6.98. The van der Waals surface area contributed by atoms with Crippen LogP contribution in [0.15, 0.2) is 174 Å². The fraction of sp³-hybridized carbons (Fsp3) is 0. The Labute approximate surface area is 292 Å². The quantitative estimate of drug-likeness (QED) is 0.190. The number of furan rings is 1. The molecule has 11 rings (SSSR count). The monoisotopic (exact) mass is 652 g/mol. The van der Waals surface area contributed by atoms with Crippen molar-refractivity contribution in [2.45, 2.75) is 0 Å². The van der Waals surface area contributed by atoms with Gasteiger partial charge in [0.1, 0.15) is 5.58 Å². The fourth-order valence-electron chi connectivity index (χ4n) is 8.05. The Balaban J connectivity index is 1.31. The molecule has 51 heavy (non-hydrogen) atoms. The summed E-state index contributed by atoms with van der Waals surface area (Å²) in [5.41, 5.74) is 12.0. The zero-order valence-electron chi connectivity index (χ0n) is 27.4. The van der Waals surface area contributed by atoms with Crippen LogP contribution in [0.3, 0.4) is 0 Å². The predicted molar refractivity (Wildman–Crippen MR) is 209 cm³/mol. The van der Waals surface area contributed by atoms with E-state index in [4.69, 9.17) is 9.40 Å². The summed E-state index contributed by atoms with van der Waals surface area (Å²) in [4.78, 5) is 9.62. The van der Waals surface area contributed by atoms with Gasteiger partial charge in [-0.05, 0) is 66.7 Å². The second kappa shape index (κ2) is 10.8. The van der Waals surface area contributed by atoms with Crippen molar-refractivity contribution in [3.8, 4) is 34.0 Å². The molecule has 0 fully saturated rings. The molecule has 238 valence electrons. The summed E-state index contributed by atoms with van der Waals surface area (Å²) >= 11 is 0. The Morgan fingerprint density at radius 2 is 1.06 bits per heavy atom. The molecule has 0 N–H and O–H groups in total. The fourth-order valence-corrected chi connectivity index (χ4v) is 8.05. The standard InChI is InChI=1S/C46H28N4O/c1-2-15-30(16-3-1)49-39-25-8-5-19-33(39)43-44-41(42-34-20-6-9-26-40(34)51-46(42)45(43)49)32-18-4-7-24-38(32)50(44)31-17-12-14-29(28-31)35-22-13-23-37(48-35)36-21-10-11-27-47-36/h1-28H. The van der Waals surface area contributed by atoms with Crippen LogP contribution in [0.4, 0.5) is 0 Å². The summed E-state index contributed by atoms with van der Waals surface area (Å²) in [7, 11) is 0. The molecule has 5 nitrogen and oxygen atoms in total. The molecule has 5 heterocycles. The molecule has 0 aliphatic carbocycles. The van der Waals surface area contributed by atoms with Gasteiger partial charge in [-0.3, -0.25) is 4.98 Å². The average molecular weight is 653 g/mol. The molecule has 11 aromatic rings. The molecule has 0 amide bonds. The maximum absolute atomic E-state index is 6.91.